The van der Waals surface area contributed by atoms with Crippen molar-refractivity contribution in [1.29, 1.82) is 0 Å². The summed E-state index contributed by atoms with van der Waals surface area (Å²) < 4.78 is 14.8. The molecule has 0 fully saturated rings. The highest BCUT2D eigenvalue weighted by molar-refractivity contribution is 6.34. The number of aromatic nitrogens is 1. The Hall–Kier alpha value is -4.22. The molecule has 7 nitrogen and oxygen atoms in total. The van der Waals surface area contributed by atoms with E-state index in [0.717, 1.165) is 0 Å². The van der Waals surface area contributed by atoms with Gasteiger partial charge in [-0.05, 0) is 47.5 Å². The molecule has 1 aromatic heterocycles. The predicted octanol–water partition coefficient (Wildman–Crippen LogP) is 5.70. The molecule has 0 aliphatic carbocycles. The Bertz CT molecular complexity index is 1380. The molecule has 9 heteroatoms. The number of aromatic hydroxyl groups is 1. The van der Waals surface area contributed by atoms with Gasteiger partial charge < -0.3 is 20.2 Å². The SMILES string of the molecule is CCC.CN(C)/C=C\N(C=O)c1ccc(-c2cc(F)cc(-c3ccnc(N4CC#CNCC4)c3)c2O)cc1Cl. The van der Waals surface area contributed by atoms with Gasteiger partial charge in [-0.3, -0.25) is 9.69 Å². The van der Waals surface area contributed by atoms with Crippen LogP contribution in [0.3, 0.4) is 0 Å². The maximum absolute atomic E-state index is 14.8. The Labute approximate surface area is 234 Å². The molecule has 204 valence electrons. The number of carbonyl (C=O) groups excluding carboxylic acids is 1. The number of anilines is 2. The number of carbonyl (C=O) groups is 1. The van der Waals surface area contributed by atoms with Gasteiger partial charge in [-0.2, -0.15) is 0 Å². The van der Waals surface area contributed by atoms with Crippen molar-refractivity contribution in [2.75, 3.05) is 43.5 Å². The van der Waals surface area contributed by atoms with Gasteiger partial charge in [0, 0.05) is 63.0 Å². The molecule has 0 bridgehead atoms. The number of hydrogen-bond acceptors (Lipinski definition) is 6. The first-order valence-electron chi connectivity index (χ1n) is 12.6. The highest BCUT2D eigenvalue weighted by atomic mass is 35.5. The number of benzene rings is 2. The average Bonchev–Trinajstić information content (AvgIpc) is 3.21. The topological polar surface area (TPSA) is 71.9 Å². The molecule has 3 aromatic rings. The quantitative estimate of drug-likeness (QED) is 0.291. The van der Waals surface area contributed by atoms with Crippen molar-refractivity contribution in [3.05, 3.63) is 71.9 Å². The molecule has 0 spiro atoms. The monoisotopic (exact) mass is 549 g/mol. The summed E-state index contributed by atoms with van der Waals surface area (Å²) >= 11 is 6.48. The van der Waals surface area contributed by atoms with Crippen LogP contribution in [-0.4, -0.2) is 55.1 Å². The van der Waals surface area contributed by atoms with Crippen molar-refractivity contribution < 1.29 is 14.3 Å². The lowest BCUT2D eigenvalue weighted by molar-refractivity contribution is -0.106. The van der Waals surface area contributed by atoms with Crippen molar-refractivity contribution in [1.82, 2.24) is 15.2 Å². The van der Waals surface area contributed by atoms with E-state index in [9.17, 15) is 14.3 Å². The highest BCUT2D eigenvalue weighted by Crippen LogP contribution is 2.41. The van der Waals surface area contributed by atoms with Crippen LogP contribution in [0.25, 0.3) is 22.3 Å². The van der Waals surface area contributed by atoms with Crippen LogP contribution >= 0.6 is 11.6 Å². The van der Waals surface area contributed by atoms with Crippen LogP contribution in [0.15, 0.2) is 61.1 Å². The molecule has 4 rings (SSSR count). The number of amides is 1. The average molecular weight is 550 g/mol. The van der Waals surface area contributed by atoms with E-state index in [1.54, 1.807) is 53.8 Å². The summed E-state index contributed by atoms with van der Waals surface area (Å²) in [7, 11) is 3.67. The molecular formula is C30H33ClFN5O2. The number of nitrogens with zero attached hydrogens (tertiary/aromatic N) is 4. The Morgan fingerprint density at radius 3 is 2.46 bits per heavy atom. The highest BCUT2D eigenvalue weighted by Gasteiger charge is 2.17. The van der Waals surface area contributed by atoms with E-state index in [2.05, 4.69) is 36.1 Å². The lowest BCUT2D eigenvalue weighted by Crippen LogP contribution is -2.29. The van der Waals surface area contributed by atoms with Gasteiger partial charge in [0.15, 0.2) is 0 Å². The molecular weight excluding hydrogens is 517 g/mol. The summed E-state index contributed by atoms with van der Waals surface area (Å²) in [6.07, 6.45) is 6.81. The molecule has 2 aromatic carbocycles. The molecule has 1 aliphatic rings. The standard InChI is InChI=1S/C27H25ClFN5O2.C3H8/c1-32(2)12-13-34(18-35)25-5-4-19(14-24(25)28)22-16-21(29)17-23(27(22)36)20-6-8-31-26(15-20)33-10-3-7-30-9-11-33;1-3-2/h4-6,8,12-18,30,36H,9-11H2,1-2H3;3H2,1-2H3/b13-12-;. The summed E-state index contributed by atoms with van der Waals surface area (Å²) in [5, 5.41) is 14.4. The number of rotatable bonds is 7. The molecule has 0 unspecified atom stereocenters. The van der Waals surface area contributed by atoms with Gasteiger partial charge in [0.05, 0.1) is 17.3 Å². The summed E-state index contributed by atoms with van der Waals surface area (Å²) in [4.78, 5) is 21.1. The molecule has 2 heterocycles. The smallest absolute Gasteiger partial charge is 0.218 e. The summed E-state index contributed by atoms with van der Waals surface area (Å²) in [6, 6.07) is 13.9. The minimum absolute atomic E-state index is 0.0885. The van der Waals surface area contributed by atoms with Crippen molar-refractivity contribution in [2.45, 2.75) is 20.3 Å². The minimum Gasteiger partial charge on any atom is -0.507 e. The second kappa shape index (κ2) is 14.1. The number of halogens is 2. The van der Waals surface area contributed by atoms with E-state index in [1.165, 1.54) is 23.5 Å². The first kappa shape index (κ1) is 29.3. The van der Waals surface area contributed by atoms with Crippen molar-refractivity contribution in [2.24, 2.45) is 0 Å². The van der Waals surface area contributed by atoms with Gasteiger partial charge in [-0.1, -0.05) is 43.9 Å². The van der Waals surface area contributed by atoms with Crippen molar-refractivity contribution in [3.63, 3.8) is 0 Å². The summed E-state index contributed by atoms with van der Waals surface area (Å²) in [5.41, 5.74) is 2.19. The van der Waals surface area contributed by atoms with Gasteiger partial charge in [-0.15, -0.1) is 0 Å². The van der Waals surface area contributed by atoms with Crippen LogP contribution in [-0.2, 0) is 4.79 Å². The van der Waals surface area contributed by atoms with E-state index in [1.807, 2.05) is 19.0 Å². The van der Waals surface area contributed by atoms with Crippen molar-refractivity contribution in [3.8, 4) is 40.0 Å². The zero-order valence-corrected chi connectivity index (χ0v) is 23.3. The summed E-state index contributed by atoms with van der Waals surface area (Å²) in [6.45, 7) is 6.15. The fraction of sp³-hybridized carbons (Fsp3) is 0.267. The fourth-order valence-electron chi connectivity index (χ4n) is 3.78. The third-order valence-corrected chi connectivity index (χ3v) is 5.89. The normalized spacial score (nSPS) is 12.4. The number of nitrogens with one attached hydrogen (secondary N) is 1. The third-order valence-electron chi connectivity index (χ3n) is 5.58. The molecule has 2 N–H and O–H groups in total. The molecule has 39 heavy (non-hydrogen) atoms. The first-order valence-corrected chi connectivity index (χ1v) is 13.0. The fourth-order valence-corrected chi connectivity index (χ4v) is 4.06. The molecule has 0 saturated heterocycles. The van der Waals surface area contributed by atoms with E-state index in [0.29, 0.717) is 54.2 Å². The maximum Gasteiger partial charge on any atom is 0.218 e. The Morgan fingerprint density at radius 1 is 1.13 bits per heavy atom. The zero-order chi connectivity index (χ0) is 28.4. The van der Waals surface area contributed by atoms with Gasteiger partial charge in [0.25, 0.3) is 0 Å². The van der Waals surface area contributed by atoms with Crippen LogP contribution in [0.5, 0.6) is 5.75 Å². The number of phenolic OH excluding ortho intramolecular Hbond substituents is 1. The lowest BCUT2D eigenvalue weighted by atomic mass is 9.97. The molecule has 1 aliphatic heterocycles. The number of pyridine rings is 1. The van der Waals surface area contributed by atoms with Crippen molar-refractivity contribution >= 4 is 29.5 Å². The summed E-state index contributed by atoms with van der Waals surface area (Å²) in [5.74, 6) is 3.10. The largest absolute Gasteiger partial charge is 0.507 e. The second-order valence-corrected chi connectivity index (χ2v) is 9.46. The molecule has 0 atom stereocenters. The van der Waals surface area contributed by atoms with Gasteiger partial charge >= 0.3 is 0 Å². The van der Waals surface area contributed by atoms with E-state index in [4.69, 9.17) is 11.6 Å². The van der Waals surface area contributed by atoms with Gasteiger partial charge in [0.2, 0.25) is 6.41 Å². The van der Waals surface area contributed by atoms with Crippen LogP contribution in [0, 0.1) is 17.8 Å². The zero-order valence-electron chi connectivity index (χ0n) is 22.6. The van der Waals surface area contributed by atoms with E-state index < -0.39 is 5.82 Å². The lowest BCUT2D eigenvalue weighted by Gasteiger charge is -2.20. The van der Waals surface area contributed by atoms with E-state index >= 15 is 0 Å². The molecule has 0 radical (unpaired) electrons. The number of phenols is 1. The van der Waals surface area contributed by atoms with E-state index in [-0.39, 0.29) is 16.3 Å². The third kappa shape index (κ3) is 7.65. The maximum atomic E-state index is 14.8. The van der Waals surface area contributed by atoms with Crippen LogP contribution in [0.4, 0.5) is 15.9 Å². The Balaban J connectivity index is 0.00000134. The predicted molar refractivity (Wildman–Crippen MR) is 157 cm³/mol. The molecule has 0 saturated carbocycles. The van der Waals surface area contributed by atoms with Gasteiger partial charge in [-0.25, -0.2) is 9.37 Å². The van der Waals surface area contributed by atoms with Crippen LogP contribution in [0.2, 0.25) is 5.02 Å². The second-order valence-electron chi connectivity index (χ2n) is 9.05. The molecule has 1 amide bonds. The Morgan fingerprint density at radius 2 is 1.82 bits per heavy atom. The number of hydrogen-bond donors (Lipinski definition) is 2. The Kier molecular flexibility index (Phi) is 10.6. The van der Waals surface area contributed by atoms with Crippen LogP contribution in [0.1, 0.15) is 20.3 Å². The first-order chi connectivity index (χ1) is 18.8. The van der Waals surface area contributed by atoms with Crippen LogP contribution < -0.4 is 15.1 Å². The minimum atomic E-state index is -0.510. The van der Waals surface area contributed by atoms with Gasteiger partial charge in [0.1, 0.15) is 17.4 Å².